The highest BCUT2D eigenvalue weighted by Gasteiger charge is 2.55. The third-order valence-electron chi connectivity index (χ3n) is 6.28. The Morgan fingerprint density at radius 2 is 1.81 bits per heavy atom. The molecule has 3 aliphatic heterocycles. The lowest BCUT2D eigenvalue weighted by molar-refractivity contribution is -0.137. The molecule has 1 saturated heterocycles. The number of hydrogen-bond acceptors (Lipinski definition) is 6. The molecule has 31 heavy (non-hydrogen) atoms. The summed E-state index contributed by atoms with van der Waals surface area (Å²) < 4.78 is 14.2. The Hall–Kier alpha value is -2.94. The Morgan fingerprint density at radius 1 is 1.10 bits per heavy atom. The molecule has 0 aliphatic carbocycles. The van der Waals surface area contributed by atoms with Crippen LogP contribution in [0.15, 0.2) is 40.7 Å². The Morgan fingerprint density at radius 3 is 2.48 bits per heavy atom. The van der Waals surface area contributed by atoms with E-state index in [1.54, 1.807) is 25.2 Å². The predicted molar refractivity (Wildman–Crippen MR) is 115 cm³/mol. The highest BCUT2D eigenvalue weighted by molar-refractivity contribution is 6.05. The van der Waals surface area contributed by atoms with E-state index in [-0.39, 0.29) is 12.5 Å². The number of carbonyl (C=O) groups excluding carboxylic acids is 2. The number of fused-ring (bicyclic) bond motifs is 3. The molecule has 2 atom stereocenters. The molecule has 3 aliphatic rings. The highest BCUT2D eigenvalue weighted by Crippen LogP contribution is 2.38. The van der Waals surface area contributed by atoms with Crippen molar-refractivity contribution in [1.29, 1.82) is 0 Å². The molecule has 1 fully saturated rings. The van der Waals surface area contributed by atoms with Crippen LogP contribution >= 0.6 is 0 Å². The van der Waals surface area contributed by atoms with Gasteiger partial charge in [0.15, 0.2) is 12.2 Å². The van der Waals surface area contributed by atoms with Crippen LogP contribution in [0.4, 0.5) is 9.18 Å². The van der Waals surface area contributed by atoms with Gasteiger partial charge in [-0.2, -0.15) is 0 Å². The third-order valence-corrected chi connectivity index (χ3v) is 6.28. The Kier molecular flexibility index (Phi) is 5.47. The summed E-state index contributed by atoms with van der Waals surface area (Å²) in [6.45, 7) is 5.62. The first kappa shape index (κ1) is 21.3. The maximum atomic E-state index is 14.2. The van der Waals surface area contributed by atoms with Crippen molar-refractivity contribution in [2.24, 2.45) is 4.99 Å². The lowest BCUT2D eigenvalue weighted by atomic mass is 10.1. The molecule has 2 unspecified atom stereocenters. The molecule has 0 saturated carbocycles. The second-order valence-electron chi connectivity index (χ2n) is 8.55. The monoisotopic (exact) mass is 428 g/mol. The molecule has 0 spiro atoms. The summed E-state index contributed by atoms with van der Waals surface area (Å²) in [5.41, 5.74) is 2.33. The maximum Gasteiger partial charge on any atom is 0.328 e. The van der Waals surface area contributed by atoms with E-state index in [0.29, 0.717) is 11.5 Å². The summed E-state index contributed by atoms with van der Waals surface area (Å²) >= 11 is 0. The molecule has 0 radical (unpaired) electrons. The number of likely N-dealkylation sites (N-methyl/N-ethyl adjacent to an activating group) is 1. The molecule has 166 valence electrons. The van der Waals surface area contributed by atoms with E-state index < -0.39 is 24.1 Å². The normalized spacial score (nSPS) is 23.3. The van der Waals surface area contributed by atoms with Gasteiger partial charge >= 0.3 is 6.03 Å². The molecule has 1 aromatic carbocycles. The quantitative estimate of drug-likeness (QED) is 0.695. The van der Waals surface area contributed by atoms with Crippen molar-refractivity contribution in [1.82, 2.24) is 24.5 Å². The lowest BCUT2D eigenvalue weighted by Gasteiger charge is -2.40. The summed E-state index contributed by atoms with van der Waals surface area (Å²) in [5, 5.41) is 0. The number of benzene rings is 1. The van der Waals surface area contributed by atoms with Gasteiger partial charge in [0.2, 0.25) is 5.96 Å². The molecule has 3 amide bonds. The molecule has 4 rings (SSSR count). The van der Waals surface area contributed by atoms with Gasteiger partial charge in [0.25, 0.3) is 5.91 Å². The van der Waals surface area contributed by atoms with Gasteiger partial charge in [-0.25, -0.2) is 14.2 Å². The van der Waals surface area contributed by atoms with Crippen molar-refractivity contribution >= 4 is 17.9 Å². The van der Waals surface area contributed by atoms with Crippen LogP contribution in [-0.4, -0.2) is 88.8 Å². The van der Waals surface area contributed by atoms with Gasteiger partial charge in [-0.3, -0.25) is 14.6 Å². The van der Waals surface area contributed by atoms with Crippen LogP contribution in [0.25, 0.3) is 0 Å². The van der Waals surface area contributed by atoms with Crippen LogP contribution in [-0.2, 0) is 11.3 Å². The van der Waals surface area contributed by atoms with Gasteiger partial charge in [-0.15, -0.1) is 0 Å². The van der Waals surface area contributed by atoms with Gasteiger partial charge in [0.05, 0.1) is 6.54 Å². The number of imide groups is 1. The van der Waals surface area contributed by atoms with Crippen LogP contribution in [0.3, 0.4) is 0 Å². The van der Waals surface area contributed by atoms with Crippen molar-refractivity contribution in [3.8, 4) is 0 Å². The number of nitrogens with zero attached hydrogens (tertiary/aromatic N) is 6. The molecular formula is C22H29FN6O2. The Labute approximate surface area is 182 Å². The number of hydrogen-bond donors (Lipinski definition) is 0. The van der Waals surface area contributed by atoms with E-state index >= 15 is 0 Å². The molecule has 9 heteroatoms. The summed E-state index contributed by atoms with van der Waals surface area (Å²) in [5.74, 6) is -0.0710. The van der Waals surface area contributed by atoms with E-state index in [9.17, 15) is 14.0 Å². The van der Waals surface area contributed by atoms with Gasteiger partial charge in [-0.1, -0.05) is 18.2 Å². The number of aliphatic imine (C=N–C) groups is 1. The highest BCUT2D eigenvalue weighted by atomic mass is 19.1. The van der Waals surface area contributed by atoms with Gasteiger partial charge in [0, 0.05) is 30.5 Å². The predicted octanol–water partition coefficient (Wildman–Crippen LogP) is 2.10. The zero-order valence-corrected chi connectivity index (χ0v) is 18.7. The van der Waals surface area contributed by atoms with Crippen molar-refractivity contribution in [3.63, 3.8) is 0 Å². The minimum absolute atomic E-state index is 0.102. The van der Waals surface area contributed by atoms with Gasteiger partial charge in [-0.05, 0) is 47.0 Å². The molecule has 0 bridgehead atoms. The summed E-state index contributed by atoms with van der Waals surface area (Å²) in [7, 11) is 5.72. The second kappa shape index (κ2) is 7.96. The van der Waals surface area contributed by atoms with Crippen molar-refractivity contribution < 1.29 is 14.0 Å². The van der Waals surface area contributed by atoms with Crippen molar-refractivity contribution in [2.75, 3.05) is 34.2 Å². The molecule has 1 aromatic rings. The molecule has 3 heterocycles. The first-order valence-electron chi connectivity index (χ1n) is 10.5. The average Bonchev–Trinajstić information content (AvgIpc) is 3.22. The topological polar surface area (TPSA) is 62.7 Å². The van der Waals surface area contributed by atoms with Gasteiger partial charge < -0.3 is 14.7 Å². The zero-order valence-electron chi connectivity index (χ0n) is 18.7. The van der Waals surface area contributed by atoms with Gasteiger partial charge in [0.1, 0.15) is 5.82 Å². The number of urea groups is 1. The zero-order chi connectivity index (χ0) is 22.4. The third kappa shape index (κ3) is 3.46. The van der Waals surface area contributed by atoms with Crippen LogP contribution in [0.1, 0.15) is 25.8 Å². The molecule has 0 aromatic heterocycles. The molecule has 0 N–H and O–H groups in total. The number of allylic oxidation sites excluding steroid dienone is 2. The Balaban J connectivity index is 1.61. The van der Waals surface area contributed by atoms with Crippen LogP contribution in [0.5, 0.6) is 0 Å². The number of amides is 3. The fraction of sp³-hybridized carbons (Fsp3) is 0.500. The Bertz CT molecular complexity index is 975. The smallest absolute Gasteiger partial charge is 0.314 e. The minimum Gasteiger partial charge on any atom is -0.314 e. The van der Waals surface area contributed by atoms with Crippen molar-refractivity contribution in [2.45, 2.75) is 39.0 Å². The fourth-order valence-electron chi connectivity index (χ4n) is 4.44. The summed E-state index contributed by atoms with van der Waals surface area (Å²) in [4.78, 5) is 40.1. The average molecular weight is 429 g/mol. The maximum absolute atomic E-state index is 14.2. The number of halogens is 1. The van der Waals surface area contributed by atoms with E-state index in [0.717, 1.165) is 35.8 Å². The largest absolute Gasteiger partial charge is 0.328 e. The van der Waals surface area contributed by atoms with E-state index in [4.69, 9.17) is 4.99 Å². The number of guanidine groups is 1. The fourth-order valence-corrected chi connectivity index (χ4v) is 4.44. The van der Waals surface area contributed by atoms with Crippen LogP contribution < -0.4 is 0 Å². The number of rotatable bonds is 6. The van der Waals surface area contributed by atoms with E-state index in [1.807, 2.05) is 32.8 Å². The second-order valence-corrected chi connectivity index (χ2v) is 8.55. The SMILES string of the molecule is CC1=C(C)N2C(=NC3C2C(=O)N(Cc2ccccc2F)C(=O)N3C)N1CCCN(C)C. The van der Waals surface area contributed by atoms with Crippen molar-refractivity contribution in [3.05, 3.63) is 47.0 Å². The lowest BCUT2D eigenvalue weighted by Crippen LogP contribution is -2.64. The standard InChI is InChI=1S/C22H29FN6O2/c1-14-15(2)29-18-19(24-21(29)27(14)12-8-11-25(3)4)26(5)22(31)28(20(18)30)13-16-9-6-7-10-17(16)23/h6-7,9-10,18-19H,8,11-13H2,1-5H3. The first-order valence-corrected chi connectivity index (χ1v) is 10.5. The van der Waals surface area contributed by atoms with Crippen LogP contribution in [0.2, 0.25) is 0 Å². The van der Waals surface area contributed by atoms with E-state index in [1.165, 1.54) is 11.0 Å². The van der Waals surface area contributed by atoms with E-state index in [2.05, 4.69) is 9.80 Å². The molecule has 8 nitrogen and oxygen atoms in total. The minimum atomic E-state index is -0.640. The first-order chi connectivity index (χ1) is 14.7. The number of carbonyl (C=O) groups is 2. The summed E-state index contributed by atoms with van der Waals surface area (Å²) in [6, 6.07) is 5.11. The van der Waals surface area contributed by atoms with Crippen LogP contribution in [0, 0.1) is 5.82 Å². The molecular weight excluding hydrogens is 399 g/mol. The summed E-state index contributed by atoms with van der Waals surface area (Å²) in [6.07, 6.45) is 0.355.